The number of carbonyl (C=O) groups excluding carboxylic acids is 1. The Hall–Kier alpha value is -0.770. The van der Waals surface area contributed by atoms with Crippen molar-refractivity contribution in [3.8, 4) is 0 Å². The van der Waals surface area contributed by atoms with Crippen molar-refractivity contribution in [2.24, 2.45) is 0 Å². The molecule has 0 aromatic heterocycles. The lowest BCUT2D eigenvalue weighted by molar-refractivity contribution is 0.0467. The molecule has 10 heavy (non-hydrogen) atoms. The van der Waals surface area contributed by atoms with Gasteiger partial charge >= 0.3 is 6.09 Å². The minimum atomic E-state index is -0.427. The fraction of sp³-hybridized carbons (Fsp3) is 0.833. The van der Waals surface area contributed by atoms with Crippen LogP contribution in [-0.4, -0.2) is 33.0 Å². The molecular weight excluding hydrogens is 134 g/mol. The first-order chi connectivity index (χ1) is 4.70. The molecule has 0 bridgehead atoms. The number of carbonyl (C=O) groups is 1. The van der Waals surface area contributed by atoms with E-state index in [1.165, 1.54) is 7.05 Å². The Balaban J connectivity index is 3.26. The number of nitrogens with one attached hydrogen (secondary N) is 1. The first-order valence-corrected chi connectivity index (χ1v) is 3.08. The van der Waals surface area contributed by atoms with Gasteiger partial charge in [0.2, 0.25) is 0 Å². The van der Waals surface area contributed by atoms with Gasteiger partial charge in [0.25, 0.3) is 0 Å². The molecule has 0 rings (SSSR count). The Labute approximate surface area is 60.5 Å². The molecule has 0 aliphatic heterocycles. The van der Waals surface area contributed by atoms with Crippen molar-refractivity contribution in [2.45, 2.75) is 13.0 Å². The maximum atomic E-state index is 10.4. The zero-order valence-corrected chi connectivity index (χ0v) is 6.51. The van der Waals surface area contributed by atoms with Crippen molar-refractivity contribution in [3.63, 3.8) is 0 Å². The fourth-order valence-corrected chi connectivity index (χ4v) is 0.333. The third-order valence-corrected chi connectivity index (χ3v) is 1.06. The summed E-state index contributed by atoms with van der Waals surface area (Å²) in [4.78, 5) is 10.4. The van der Waals surface area contributed by atoms with E-state index in [4.69, 9.17) is 4.74 Å². The number of alkyl carbamates (subject to hydrolysis) is 1. The van der Waals surface area contributed by atoms with E-state index in [1.54, 1.807) is 7.11 Å². The van der Waals surface area contributed by atoms with Crippen LogP contribution < -0.4 is 5.32 Å². The zero-order valence-electron chi connectivity index (χ0n) is 6.51. The van der Waals surface area contributed by atoms with Gasteiger partial charge in [0.15, 0.2) is 0 Å². The minimum absolute atomic E-state index is 0.0442. The lowest BCUT2D eigenvalue weighted by Crippen LogP contribution is -2.24. The molecule has 0 radical (unpaired) electrons. The van der Waals surface area contributed by atoms with Crippen LogP contribution in [0, 0.1) is 0 Å². The molecule has 0 unspecified atom stereocenters. The van der Waals surface area contributed by atoms with Gasteiger partial charge in [-0.1, -0.05) is 0 Å². The fourth-order valence-electron chi connectivity index (χ4n) is 0.333. The summed E-state index contributed by atoms with van der Waals surface area (Å²) >= 11 is 0. The average Bonchev–Trinajstić information content (AvgIpc) is 1.99. The zero-order chi connectivity index (χ0) is 7.98. The molecular formula is C6H13NO3. The summed E-state index contributed by atoms with van der Waals surface area (Å²) in [6.07, 6.45) is -0.471. The SMILES string of the molecule is CNC(=O)OC[C@H](C)OC. The highest BCUT2D eigenvalue weighted by molar-refractivity contribution is 5.66. The molecule has 0 aromatic carbocycles. The van der Waals surface area contributed by atoms with E-state index < -0.39 is 6.09 Å². The summed E-state index contributed by atoms with van der Waals surface area (Å²) in [6.45, 7) is 2.11. The number of ether oxygens (including phenoxy) is 2. The van der Waals surface area contributed by atoms with Crippen molar-refractivity contribution in [1.29, 1.82) is 0 Å². The molecule has 0 saturated carbocycles. The standard InChI is InChI=1S/C6H13NO3/c1-5(9-3)4-10-6(8)7-2/h5H,4H2,1-3H3,(H,7,8)/t5-/m0/s1. The van der Waals surface area contributed by atoms with Crippen molar-refractivity contribution in [1.82, 2.24) is 5.32 Å². The van der Waals surface area contributed by atoms with Crippen LogP contribution >= 0.6 is 0 Å². The van der Waals surface area contributed by atoms with E-state index in [0.717, 1.165) is 0 Å². The summed E-state index contributed by atoms with van der Waals surface area (Å²) < 4.78 is 9.51. The number of hydrogen-bond acceptors (Lipinski definition) is 3. The molecule has 60 valence electrons. The third-order valence-electron chi connectivity index (χ3n) is 1.06. The molecule has 1 N–H and O–H groups in total. The maximum absolute atomic E-state index is 10.4. The van der Waals surface area contributed by atoms with E-state index in [1.807, 2.05) is 6.92 Å². The summed E-state index contributed by atoms with van der Waals surface area (Å²) in [6, 6.07) is 0. The normalized spacial score (nSPS) is 12.3. The van der Waals surface area contributed by atoms with Crippen LogP contribution in [0.15, 0.2) is 0 Å². The van der Waals surface area contributed by atoms with Crippen LogP contribution in [0.5, 0.6) is 0 Å². The summed E-state index contributed by atoms with van der Waals surface area (Å²) in [5, 5.41) is 2.33. The monoisotopic (exact) mass is 147 g/mol. The van der Waals surface area contributed by atoms with E-state index in [2.05, 4.69) is 10.1 Å². The van der Waals surface area contributed by atoms with Crippen LogP contribution in [-0.2, 0) is 9.47 Å². The molecule has 0 aliphatic rings. The van der Waals surface area contributed by atoms with Crippen LogP contribution in [0.2, 0.25) is 0 Å². The van der Waals surface area contributed by atoms with E-state index in [-0.39, 0.29) is 12.7 Å². The molecule has 0 saturated heterocycles. The summed E-state index contributed by atoms with van der Waals surface area (Å²) in [5.74, 6) is 0. The molecule has 0 aromatic rings. The number of hydrogen-bond donors (Lipinski definition) is 1. The van der Waals surface area contributed by atoms with Gasteiger partial charge in [0, 0.05) is 14.2 Å². The van der Waals surface area contributed by atoms with Crippen LogP contribution in [0.3, 0.4) is 0 Å². The van der Waals surface area contributed by atoms with Gasteiger partial charge in [-0.3, -0.25) is 0 Å². The molecule has 1 amide bonds. The molecule has 0 aliphatic carbocycles. The van der Waals surface area contributed by atoms with Crippen LogP contribution in [0.25, 0.3) is 0 Å². The summed E-state index contributed by atoms with van der Waals surface area (Å²) in [5.41, 5.74) is 0. The Bertz CT molecular complexity index is 105. The topological polar surface area (TPSA) is 47.6 Å². The Morgan fingerprint density at radius 1 is 1.70 bits per heavy atom. The highest BCUT2D eigenvalue weighted by atomic mass is 16.6. The first-order valence-electron chi connectivity index (χ1n) is 3.08. The highest BCUT2D eigenvalue weighted by Gasteiger charge is 2.02. The smallest absolute Gasteiger partial charge is 0.406 e. The van der Waals surface area contributed by atoms with Gasteiger partial charge in [-0.15, -0.1) is 0 Å². The van der Waals surface area contributed by atoms with Gasteiger partial charge in [0.1, 0.15) is 6.61 Å². The second-order valence-corrected chi connectivity index (χ2v) is 1.89. The number of amides is 1. The Morgan fingerprint density at radius 2 is 2.30 bits per heavy atom. The third kappa shape index (κ3) is 4.14. The largest absolute Gasteiger partial charge is 0.447 e. The van der Waals surface area contributed by atoms with Crippen molar-refractivity contribution < 1.29 is 14.3 Å². The Morgan fingerprint density at radius 3 is 2.70 bits per heavy atom. The van der Waals surface area contributed by atoms with Crippen molar-refractivity contribution >= 4 is 6.09 Å². The average molecular weight is 147 g/mol. The first kappa shape index (κ1) is 9.23. The lowest BCUT2D eigenvalue weighted by atomic mass is 10.4. The predicted molar refractivity (Wildman–Crippen MR) is 36.9 cm³/mol. The van der Waals surface area contributed by atoms with Gasteiger partial charge in [-0.05, 0) is 6.92 Å². The second kappa shape index (κ2) is 5.05. The van der Waals surface area contributed by atoms with E-state index in [9.17, 15) is 4.79 Å². The van der Waals surface area contributed by atoms with Gasteiger partial charge in [0.05, 0.1) is 6.10 Å². The quantitative estimate of drug-likeness (QED) is 0.627. The minimum Gasteiger partial charge on any atom is -0.447 e. The van der Waals surface area contributed by atoms with Crippen molar-refractivity contribution in [2.75, 3.05) is 20.8 Å². The molecule has 1 atom stereocenters. The lowest BCUT2D eigenvalue weighted by Gasteiger charge is -2.08. The van der Waals surface area contributed by atoms with Gasteiger partial charge in [-0.25, -0.2) is 4.79 Å². The molecule has 0 spiro atoms. The molecule has 0 fully saturated rings. The molecule has 4 heteroatoms. The molecule has 0 heterocycles. The number of methoxy groups -OCH3 is 1. The second-order valence-electron chi connectivity index (χ2n) is 1.89. The van der Waals surface area contributed by atoms with E-state index in [0.29, 0.717) is 0 Å². The maximum Gasteiger partial charge on any atom is 0.406 e. The number of rotatable bonds is 3. The van der Waals surface area contributed by atoms with Crippen LogP contribution in [0.4, 0.5) is 4.79 Å². The molecule has 4 nitrogen and oxygen atoms in total. The van der Waals surface area contributed by atoms with Gasteiger partial charge < -0.3 is 14.8 Å². The Kier molecular flexibility index (Phi) is 4.66. The van der Waals surface area contributed by atoms with Gasteiger partial charge in [-0.2, -0.15) is 0 Å². The van der Waals surface area contributed by atoms with Crippen LogP contribution in [0.1, 0.15) is 6.92 Å². The van der Waals surface area contributed by atoms with Crippen molar-refractivity contribution in [3.05, 3.63) is 0 Å². The summed E-state index contributed by atoms with van der Waals surface area (Å²) in [7, 11) is 3.08. The predicted octanol–water partition coefficient (Wildman–Crippen LogP) is 0.377. The highest BCUT2D eigenvalue weighted by Crippen LogP contribution is 1.88. The van der Waals surface area contributed by atoms with E-state index >= 15 is 0 Å².